The normalized spacial score (nSPS) is 15.8. The number of ether oxygens (including phenoxy) is 6. The van der Waals surface area contributed by atoms with Crippen LogP contribution >= 0.6 is 0 Å². The Kier molecular flexibility index (Phi) is 15.4. The average molecular weight is 790 g/mol. The Morgan fingerprint density at radius 3 is 2.30 bits per heavy atom. The highest BCUT2D eigenvalue weighted by atomic mass is 19.4. The number of alkyl halides is 3. The molecule has 13 nitrogen and oxygen atoms in total. The number of carbonyl (C=O) groups excluding carboxylic acids is 2. The van der Waals surface area contributed by atoms with Crippen molar-refractivity contribution in [2.45, 2.75) is 58.4 Å². The minimum absolute atomic E-state index is 0. The lowest BCUT2D eigenvalue weighted by atomic mass is 10.0. The van der Waals surface area contributed by atoms with Crippen LogP contribution in [0, 0.1) is 6.92 Å². The van der Waals surface area contributed by atoms with Gasteiger partial charge in [0, 0.05) is 62.7 Å². The molecule has 5 rings (SSSR count). The molecule has 16 heteroatoms. The molecule has 308 valence electrons. The number of morpholine rings is 1. The van der Waals surface area contributed by atoms with E-state index in [0.29, 0.717) is 82.2 Å². The van der Waals surface area contributed by atoms with Gasteiger partial charge in [0.25, 0.3) is 5.91 Å². The third kappa shape index (κ3) is 13.4. The van der Waals surface area contributed by atoms with E-state index in [1.807, 2.05) is 33.8 Å². The molecule has 2 fully saturated rings. The van der Waals surface area contributed by atoms with Crippen LogP contribution in [0.5, 0.6) is 5.88 Å². The molecule has 2 saturated heterocycles. The second-order valence-corrected chi connectivity index (χ2v) is 14.6. The number of pyridine rings is 2. The fourth-order valence-electron chi connectivity index (χ4n) is 6.21. The molecule has 1 N–H and O–H groups in total. The van der Waals surface area contributed by atoms with Gasteiger partial charge in [0.05, 0.1) is 63.7 Å². The monoisotopic (exact) mass is 789 g/mol. The Bertz CT molecular complexity index is 1750. The van der Waals surface area contributed by atoms with Crippen molar-refractivity contribution in [2.75, 3.05) is 95.8 Å². The number of amides is 1. The number of aromatic nitrogens is 2. The van der Waals surface area contributed by atoms with Crippen molar-refractivity contribution in [3.63, 3.8) is 0 Å². The van der Waals surface area contributed by atoms with Crippen LogP contribution in [0.1, 0.15) is 56.7 Å². The number of anilines is 2. The number of carbonyl (C=O) groups is 2. The molecule has 4 heterocycles. The molecule has 0 spiro atoms. The number of nitrogens with zero attached hydrogens (tertiary/aromatic N) is 4. The van der Waals surface area contributed by atoms with E-state index in [-0.39, 0.29) is 19.7 Å². The molecule has 56 heavy (non-hydrogen) atoms. The number of piperidine rings is 1. The zero-order chi connectivity index (χ0) is 40.1. The average Bonchev–Trinajstić information content (AvgIpc) is 3.16. The highest BCUT2D eigenvalue weighted by molar-refractivity contribution is 6.04. The Morgan fingerprint density at radius 2 is 1.61 bits per heavy atom. The highest BCUT2D eigenvalue weighted by Crippen LogP contribution is 2.35. The van der Waals surface area contributed by atoms with Crippen molar-refractivity contribution < 1.29 is 52.6 Å². The molecule has 2 aliphatic heterocycles. The molecular weight excluding hydrogens is 735 g/mol. The summed E-state index contributed by atoms with van der Waals surface area (Å²) in [6.45, 7) is 14.3. The lowest BCUT2D eigenvalue weighted by Crippen LogP contribution is -2.40. The SMILES string of the molecule is Cc1ncc(NC(=O)c2cccc(C(F)(F)F)c2)cc1-c1cnc(OC2CCN(CCOCCOCCOCC(=O)OC(C)(C)C)CC2)c(N2CCOCC2)c1.[HH]. The zero-order valence-corrected chi connectivity index (χ0v) is 32.5. The Morgan fingerprint density at radius 1 is 0.911 bits per heavy atom. The zero-order valence-electron chi connectivity index (χ0n) is 32.5. The first-order chi connectivity index (χ1) is 26.7. The quantitative estimate of drug-likeness (QED) is 0.126. The Hall–Kier alpha value is -4.35. The van der Waals surface area contributed by atoms with Crippen LogP contribution in [0.4, 0.5) is 24.5 Å². The van der Waals surface area contributed by atoms with Crippen LogP contribution in [0.2, 0.25) is 0 Å². The van der Waals surface area contributed by atoms with Gasteiger partial charge in [-0.2, -0.15) is 13.2 Å². The summed E-state index contributed by atoms with van der Waals surface area (Å²) in [6, 6.07) is 8.03. The maximum Gasteiger partial charge on any atom is 0.416 e. The van der Waals surface area contributed by atoms with Crippen LogP contribution in [0.25, 0.3) is 11.1 Å². The van der Waals surface area contributed by atoms with Crippen molar-refractivity contribution in [3.05, 3.63) is 65.6 Å². The van der Waals surface area contributed by atoms with Gasteiger partial charge in [0.1, 0.15) is 24.0 Å². The molecule has 0 unspecified atom stereocenters. The van der Waals surface area contributed by atoms with E-state index in [0.717, 1.165) is 55.9 Å². The summed E-state index contributed by atoms with van der Waals surface area (Å²) < 4.78 is 73.6. The molecule has 0 aliphatic carbocycles. The van der Waals surface area contributed by atoms with E-state index in [9.17, 15) is 22.8 Å². The van der Waals surface area contributed by atoms with E-state index in [2.05, 4.69) is 20.1 Å². The van der Waals surface area contributed by atoms with E-state index in [1.54, 1.807) is 12.3 Å². The van der Waals surface area contributed by atoms with Crippen LogP contribution < -0.4 is 15.0 Å². The maximum absolute atomic E-state index is 13.2. The number of nitrogens with one attached hydrogen (secondary N) is 1. The number of halogens is 3. The number of likely N-dealkylation sites (tertiary alicyclic amines) is 1. The second kappa shape index (κ2) is 20.2. The molecule has 0 atom stereocenters. The van der Waals surface area contributed by atoms with Crippen LogP contribution in [-0.4, -0.2) is 124 Å². The van der Waals surface area contributed by atoms with E-state index in [1.165, 1.54) is 18.3 Å². The fourth-order valence-corrected chi connectivity index (χ4v) is 6.21. The minimum Gasteiger partial charge on any atom is -0.473 e. The summed E-state index contributed by atoms with van der Waals surface area (Å²) in [7, 11) is 0. The largest absolute Gasteiger partial charge is 0.473 e. The minimum atomic E-state index is -4.56. The number of rotatable bonds is 17. The number of aryl methyl sites for hydroxylation is 1. The highest BCUT2D eigenvalue weighted by Gasteiger charge is 2.31. The number of benzene rings is 1. The summed E-state index contributed by atoms with van der Waals surface area (Å²) in [5.74, 6) is -0.542. The molecule has 1 amide bonds. The van der Waals surface area contributed by atoms with Crippen LogP contribution in [-0.2, 0) is 34.7 Å². The summed E-state index contributed by atoms with van der Waals surface area (Å²) in [6.07, 6.45) is 0.265. The van der Waals surface area contributed by atoms with Crippen molar-refractivity contribution in [2.24, 2.45) is 0 Å². The molecule has 2 aliphatic rings. The summed E-state index contributed by atoms with van der Waals surface area (Å²) in [4.78, 5) is 38.4. The fraction of sp³-hybridized carbons (Fsp3) is 0.550. The van der Waals surface area contributed by atoms with Crippen molar-refractivity contribution >= 4 is 23.3 Å². The van der Waals surface area contributed by atoms with Crippen molar-refractivity contribution in [3.8, 4) is 17.0 Å². The van der Waals surface area contributed by atoms with Gasteiger partial charge in [0.2, 0.25) is 5.88 Å². The maximum atomic E-state index is 13.2. The van der Waals surface area contributed by atoms with Crippen LogP contribution in [0.15, 0.2) is 48.8 Å². The summed E-state index contributed by atoms with van der Waals surface area (Å²) in [5.41, 5.74) is 1.78. The molecule has 0 bridgehead atoms. The van der Waals surface area contributed by atoms with Gasteiger partial charge in [-0.05, 0) is 70.9 Å². The molecule has 0 saturated carbocycles. The second-order valence-electron chi connectivity index (χ2n) is 14.6. The molecule has 1 aromatic carbocycles. The van der Waals surface area contributed by atoms with E-state index in [4.69, 9.17) is 33.4 Å². The van der Waals surface area contributed by atoms with Gasteiger partial charge in [-0.25, -0.2) is 9.78 Å². The Labute approximate surface area is 327 Å². The molecular formula is C40H54F3N5O8. The number of hydrogen-bond acceptors (Lipinski definition) is 12. The van der Waals surface area contributed by atoms with E-state index >= 15 is 0 Å². The predicted molar refractivity (Wildman–Crippen MR) is 205 cm³/mol. The standard InChI is InChI=1S/C40H52F3N5O8.H2/c1-28-34(24-32(26-44-28)46-37(50)29-6-5-7-31(22-29)40(41,42)43)30-23-35(48-13-16-51-17-14-48)38(45-25-30)55-33-8-10-47(11-9-33)12-15-52-18-19-53-20-21-54-27-36(49)56-39(2,3)4;/h5-7,22-26,33H,8-21,27H2,1-4H3,(H,46,50);1H. The van der Waals surface area contributed by atoms with Gasteiger partial charge in [-0.15, -0.1) is 0 Å². The summed E-state index contributed by atoms with van der Waals surface area (Å²) >= 11 is 0. The topological polar surface area (TPSA) is 134 Å². The molecule has 2 aromatic heterocycles. The first kappa shape index (κ1) is 42.8. The van der Waals surface area contributed by atoms with Gasteiger partial charge >= 0.3 is 12.1 Å². The molecule has 3 aromatic rings. The predicted octanol–water partition coefficient (Wildman–Crippen LogP) is 6.04. The van der Waals surface area contributed by atoms with Gasteiger partial charge in [-0.1, -0.05) is 6.07 Å². The van der Waals surface area contributed by atoms with Gasteiger partial charge in [0.15, 0.2) is 0 Å². The van der Waals surface area contributed by atoms with Crippen molar-refractivity contribution in [1.29, 1.82) is 0 Å². The lowest BCUT2D eigenvalue weighted by Gasteiger charge is -2.34. The first-order valence-corrected chi connectivity index (χ1v) is 18.9. The number of esters is 1. The van der Waals surface area contributed by atoms with Crippen molar-refractivity contribution in [1.82, 2.24) is 14.9 Å². The third-order valence-electron chi connectivity index (χ3n) is 9.04. The summed E-state index contributed by atoms with van der Waals surface area (Å²) in [5, 5.41) is 2.68. The molecule has 0 radical (unpaired) electrons. The Balaban J connectivity index is 0.00000720. The van der Waals surface area contributed by atoms with Crippen LogP contribution in [0.3, 0.4) is 0 Å². The first-order valence-electron chi connectivity index (χ1n) is 18.9. The van der Waals surface area contributed by atoms with Gasteiger partial charge < -0.3 is 43.5 Å². The smallest absolute Gasteiger partial charge is 0.416 e. The number of hydrogen-bond donors (Lipinski definition) is 1. The van der Waals surface area contributed by atoms with E-state index < -0.39 is 29.2 Å². The van der Waals surface area contributed by atoms with Gasteiger partial charge in [-0.3, -0.25) is 9.78 Å². The lowest BCUT2D eigenvalue weighted by molar-refractivity contribution is -0.160. The third-order valence-corrected chi connectivity index (χ3v) is 9.04.